The number of hydrogen-bond acceptors (Lipinski definition) is 5. The van der Waals surface area contributed by atoms with Crippen LogP contribution in [0.2, 0.25) is 0 Å². The van der Waals surface area contributed by atoms with Crippen LogP contribution in [-0.4, -0.2) is 16.4 Å². The normalized spacial score (nSPS) is 14.2. The summed E-state index contributed by atoms with van der Waals surface area (Å²) in [5, 5.41) is 24.3. The lowest BCUT2D eigenvalue weighted by Crippen LogP contribution is -2.09. The fraction of sp³-hybridized carbons (Fsp3) is 0.231. The third-order valence-corrected chi connectivity index (χ3v) is 2.98. The van der Waals surface area contributed by atoms with Gasteiger partial charge in [-0.1, -0.05) is 0 Å². The molecule has 7 heteroatoms. The number of hydrogen-bond donors (Lipinski definition) is 1. The van der Waals surface area contributed by atoms with Gasteiger partial charge in [0.05, 0.1) is 9.85 Å². The maximum atomic E-state index is 10.7. The van der Waals surface area contributed by atoms with E-state index >= 15 is 0 Å². The number of nitrogens with zero attached hydrogens (tertiary/aromatic N) is 2. The van der Waals surface area contributed by atoms with Crippen molar-refractivity contribution in [3.8, 4) is 0 Å². The van der Waals surface area contributed by atoms with Crippen LogP contribution in [0.4, 0.5) is 11.4 Å². The highest BCUT2D eigenvalue weighted by molar-refractivity contribution is 5.49. The molecule has 1 aromatic carbocycles. The quantitative estimate of drug-likeness (QED) is 0.658. The number of anilines is 1. The molecule has 1 aliphatic carbocycles. The second kappa shape index (κ2) is 5.96. The predicted octanol–water partition coefficient (Wildman–Crippen LogP) is 2.89. The fourth-order valence-corrected chi connectivity index (χ4v) is 1.93. The topological polar surface area (TPSA) is 98.3 Å². The first-order valence-corrected chi connectivity index (χ1v) is 6.08. The van der Waals surface area contributed by atoms with Crippen LogP contribution in [0, 0.1) is 20.2 Å². The molecule has 0 spiro atoms. The SMILES string of the molecule is O=[N+]([O-])C1=CCCC(CNc2ccc([N+](=O)[O-])cc2)=C1. The van der Waals surface area contributed by atoms with E-state index in [9.17, 15) is 20.2 Å². The Kier molecular flexibility index (Phi) is 4.09. The van der Waals surface area contributed by atoms with Crippen LogP contribution in [0.3, 0.4) is 0 Å². The summed E-state index contributed by atoms with van der Waals surface area (Å²) in [5.74, 6) is 0. The fourth-order valence-electron chi connectivity index (χ4n) is 1.93. The lowest BCUT2D eigenvalue weighted by atomic mass is 10.0. The Morgan fingerprint density at radius 3 is 2.40 bits per heavy atom. The van der Waals surface area contributed by atoms with Crippen LogP contribution in [-0.2, 0) is 0 Å². The maximum absolute atomic E-state index is 10.7. The number of rotatable bonds is 5. The Morgan fingerprint density at radius 1 is 1.10 bits per heavy atom. The number of benzene rings is 1. The van der Waals surface area contributed by atoms with E-state index < -0.39 is 9.85 Å². The first kappa shape index (κ1) is 13.7. The van der Waals surface area contributed by atoms with Crippen LogP contribution in [0.1, 0.15) is 12.8 Å². The third-order valence-electron chi connectivity index (χ3n) is 2.98. The summed E-state index contributed by atoms with van der Waals surface area (Å²) < 4.78 is 0. The minimum absolute atomic E-state index is 0.0333. The molecule has 1 N–H and O–H groups in total. The molecule has 0 radical (unpaired) electrons. The molecule has 0 atom stereocenters. The van der Waals surface area contributed by atoms with E-state index in [1.165, 1.54) is 12.1 Å². The van der Waals surface area contributed by atoms with Crippen molar-refractivity contribution in [2.75, 3.05) is 11.9 Å². The van der Waals surface area contributed by atoms with Gasteiger partial charge < -0.3 is 5.32 Å². The second-order valence-corrected chi connectivity index (χ2v) is 4.38. The Morgan fingerprint density at radius 2 is 1.80 bits per heavy atom. The Labute approximate surface area is 114 Å². The zero-order chi connectivity index (χ0) is 14.5. The zero-order valence-electron chi connectivity index (χ0n) is 10.6. The van der Waals surface area contributed by atoms with E-state index in [0.717, 1.165) is 17.7 Å². The first-order chi connectivity index (χ1) is 9.56. The highest BCUT2D eigenvalue weighted by atomic mass is 16.6. The van der Waals surface area contributed by atoms with E-state index in [-0.39, 0.29) is 11.4 Å². The molecule has 0 saturated carbocycles. The average molecular weight is 275 g/mol. The van der Waals surface area contributed by atoms with E-state index in [2.05, 4.69) is 5.32 Å². The van der Waals surface area contributed by atoms with Gasteiger partial charge in [0.1, 0.15) is 0 Å². The smallest absolute Gasteiger partial charge is 0.269 e. The molecular weight excluding hydrogens is 262 g/mol. The molecule has 0 fully saturated rings. The third kappa shape index (κ3) is 3.41. The average Bonchev–Trinajstić information content (AvgIpc) is 2.46. The monoisotopic (exact) mass is 275 g/mol. The van der Waals surface area contributed by atoms with Crippen molar-refractivity contribution in [2.24, 2.45) is 0 Å². The van der Waals surface area contributed by atoms with Crippen LogP contribution in [0.5, 0.6) is 0 Å². The minimum Gasteiger partial charge on any atom is -0.381 e. The molecule has 0 bridgehead atoms. The van der Waals surface area contributed by atoms with Crippen LogP contribution >= 0.6 is 0 Å². The largest absolute Gasteiger partial charge is 0.381 e. The zero-order valence-corrected chi connectivity index (χ0v) is 10.6. The van der Waals surface area contributed by atoms with Crippen molar-refractivity contribution in [2.45, 2.75) is 12.8 Å². The van der Waals surface area contributed by atoms with Crippen molar-refractivity contribution in [3.05, 3.63) is 67.9 Å². The molecule has 7 nitrogen and oxygen atoms in total. The van der Waals surface area contributed by atoms with Gasteiger partial charge in [0.2, 0.25) is 0 Å². The van der Waals surface area contributed by atoms with E-state index in [1.54, 1.807) is 24.3 Å². The summed E-state index contributed by atoms with van der Waals surface area (Å²) in [6.07, 6.45) is 4.61. The molecule has 0 aromatic heterocycles. The van der Waals surface area contributed by atoms with Gasteiger partial charge in [0.25, 0.3) is 11.4 Å². The summed E-state index contributed by atoms with van der Waals surface area (Å²) in [6, 6.07) is 6.07. The van der Waals surface area contributed by atoms with Crippen molar-refractivity contribution in [1.29, 1.82) is 0 Å². The first-order valence-electron chi connectivity index (χ1n) is 6.08. The molecule has 104 valence electrons. The lowest BCUT2D eigenvalue weighted by molar-refractivity contribution is -0.419. The van der Waals surface area contributed by atoms with Crippen molar-refractivity contribution >= 4 is 11.4 Å². The summed E-state index contributed by atoms with van der Waals surface area (Å²) in [6.45, 7) is 0.489. The van der Waals surface area contributed by atoms with E-state index in [4.69, 9.17) is 0 Å². The molecule has 0 amide bonds. The van der Waals surface area contributed by atoms with Gasteiger partial charge in [-0.25, -0.2) is 0 Å². The summed E-state index contributed by atoms with van der Waals surface area (Å²) in [5.41, 5.74) is 1.84. The second-order valence-electron chi connectivity index (χ2n) is 4.38. The molecule has 1 aromatic rings. The van der Waals surface area contributed by atoms with Crippen LogP contribution in [0.25, 0.3) is 0 Å². The van der Waals surface area contributed by atoms with E-state index in [1.807, 2.05) is 0 Å². The van der Waals surface area contributed by atoms with Gasteiger partial charge in [-0.3, -0.25) is 20.2 Å². The van der Waals surface area contributed by atoms with Gasteiger partial charge in [-0.2, -0.15) is 0 Å². The minimum atomic E-state index is -0.457. The van der Waals surface area contributed by atoms with Gasteiger partial charge in [0, 0.05) is 30.4 Å². The van der Waals surface area contributed by atoms with Gasteiger partial charge >= 0.3 is 0 Å². The molecule has 0 unspecified atom stereocenters. The molecule has 0 aliphatic heterocycles. The molecule has 2 rings (SSSR count). The lowest BCUT2D eigenvalue weighted by Gasteiger charge is -2.11. The standard InChI is InChI=1S/C13H13N3O4/c17-15(18)12-6-4-11(5-7-12)14-9-10-2-1-3-13(8-10)16(19)20/h3-8,14H,1-2,9H2. The van der Waals surface area contributed by atoms with Crippen LogP contribution < -0.4 is 5.32 Å². The number of nitro groups is 2. The van der Waals surface area contributed by atoms with Gasteiger partial charge in [-0.15, -0.1) is 0 Å². The number of non-ortho nitro benzene ring substituents is 1. The molecule has 0 saturated heterocycles. The predicted molar refractivity (Wildman–Crippen MR) is 74.0 cm³/mol. The summed E-state index contributed by atoms with van der Waals surface area (Å²) >= 11 is 0. The maximum Gasteiger partial charge on any atom is 0.269 e. The van der Waals surface area contributed by atoms with E-state index in [0.29, 0.717) is 13.0 Å². The van der Waals surface area contributed by atoms with Crippen molar-refractivity contribution in [3.63, 3.8) is 0 Å². The highest BCUT2D eigenvalue weighted by Gasteiger charge is 2.13. The summed E-state index contributed by atoms with van der Waals surface area (Å²) in [4.78, 5) is 20.4. The van der Waals surface area contributed by atoms with Crippen molar-refractivity contribution in [1.82, 2.24) is 0 Å². The number of allylic oxidation sites excluding steroid dienone is 2. The molecule has 1 aliphatic rings. The molecule has 0 heterocycles. The highest BCUT2D eigenvalue weighted by Crippen LogP contribution is 2.20. The van der Waals surface area contributed by atoms with Crippen molar-refractivity contribution < 1.29 is 9.85 Å². The summed E-state index contributed by atoms with van der Waals surface area (Å²) in [7, 11) is 0. The Hall–Kier alpha value is -2.70. The number of nitro benzene ring substituents is 1. The Bertz CT molecular complexity index is 590. The molecule has 20 heavy (non-hydrogen) atoms. The van der Waals surface area contributed by atoms with Crippen LogP contribution in [0.15, 0.2) is 47.7 Å². The molecular formula is C13H13N3O4. The Balaban J connectivity index is 1.97. The number of nitrogens with one attached hydrogen (secondary N) is 1. The van der Waals surface area contributed by atoms with Gasteiger partial charge in [0.15, 0.2) is 0 Å². The van der Waals surface area contributed by atoms with Gasteiger partial charge in [-0.05, 0) is 36.6 Å².